The molecule has 0 bridgehead atoms. The van der Waals surface area contributed by atoms with E-state index in [0.717, 1.165) is 24.3 Å². The number of hydrogen-bond acceptors (Lipinski definition) is 1. The fourth-order valence-corrected chi connectivity index (χ4v) is 3.37. The van der Waals surface area contributed by atoms with Crippen molar-refractivity contribution in [3.63, 3.8) is 0 Å². The Hall–Kier alpha value is -1.46. The molecular formula is C12H12F3NS. The highest BCUT2D eigenvalue weighted by Gasteiger charge is 2.61. The van der Waals surface area contributed by atoms with Gasteiger partial charge in [0.25, 0.3) is 0 Å². The van der Waals surface area contributed by atoms with Crippen LogP contribution in [-0.4, -0.2) is 0 Å². The lowest BCUT2D eigenvalue weighted by Crippen LogP contribution is -2.30. The number of halogens is 3. The second kappa shape index (κ2) is 3.05. The van der Waals surface area contributed by atoms with E-state index in [2.05, 4.69) is 0 Å². The smallest absolute Gasteiger partial charge is 0.135 e. The zero-order chi connectivity index (χ0) is 12.6. The van der Waals surface area contributed by atoms with Crippen LogP contribution in [0.5, 0.6) is 0 Å². The monoisotopic (exact) mass is 259 g/mol. The third-order valence-electron chi connectivity index (χ3n) is 2.53. The molecule has 0 atom stereocenters. The van der Waals surface area contributed by atoms with Gasteiger partial charge in [0.1, 0.15) is 9.64 Å². The minimum absolute atomic E-state index is 0.779. The molecule has 0 saturated carbocycles. The normalized spacial score (nSPS) is 16.0. The van der Waals surface area contributed by atoms with Crippen LogP contribution in [0.4, 0.5) is 11.7 Å². The molecule has 2 aromatic carbocycles. The Labute approximate surface area is 97.3 Å². The van der Waals surface area contributed by atoms with Crippen molar-refractivity contribution in [1.29, 1.82) is 0 Å². The minimum atomic E-state index is -7.38. The molecule has 1 nitrogen and oxygen atoms in total. The average molecular weight is 259 g/mol. The van der Waals surface area contributed by atoms with Crippen LogP contribution in [0, 0.1) is 0 Å². The molecule has 0 aliphatic carbocycles. The van der Waals surface area contributed by atoms with E-state index in [1.807, 2.05) is 0 Å². The molecule has 0 unspecified atom stereocenters. The first kappa shape index (κ1) is 12.0. The van der Waals surface area contributed by atoms with E-state index >= 15 is 0 Å². The zero-order valence-corrected chi connectivity index (χ0v) is 9.71. The molecule has 0 aliphatic rings. The Bertz CT molecular complexity index is 487. The largest absolute Gasteiger partial charge is 0.237 e. The fourth-order valence-electron chi connectivity index (χ4n) is 1.58. The van der Waals surface area contributed by atoms with Gasteiger partial charge in [0.05, 0.1) is 9.79 Å². The lowest BCUT2D eigenvalue weighted by atomic mass is 10.4. The van der Waals surface area contributed by atoms with Crippen LogP contribution in [0.15, 0.2) is 70.5 Å². The summed E-state index contributed by atoms with van der Waals surface area (Å²) in [6.45, 7) is 0. The molecule has 0 radical (unpaired) electrons. The third-order valence-corrected chi connectivity index (χ3v) is 5.16. The summed E-state index contributed by atoms with van der Waals surface area (Å²) in [5, 5.41) is 4.96. The molecule has 0 saturated heterocycles. The number of nitrogens with two attached hydrogens (primary N) is 1. The van der Waals surface area contributed by atoms with Gasteiger partial charge in [0, 0.05) is 0 Å². The molecule has 17 heavy (non-hydrogen) atoms. The van der Waals surface area contributed by atoms with Crippen molar-refractivity contribution in [3.05, 3.63) is 60.7 Å². The summed E-state index contributed by atoms with van der Waals surface area (Å²) in [6.07, 6.45) is 0. The summed E-state index contributed by atoms with van der Waals surface area (Å²) < 4.78 is 43.5. The Morgan fingerprint density at radius 1 is 0.647 bits per heavy atom. The van der Waals surface area contributed by atoms with Crippen molar-refractivity contribution in [2.45, 2.75) is 9.79 Å². The summed E-state index contributed by atoms with van der Waals surface area (Å²) in [5.74, 6) is 0. The Kier molecular flexibility index (Phi) is 2.16. The summed E-state index contributed by atoms with van der Waals surface area (Å²) in [7, 11) is -7.38. The predicted octanol–water partition coefficient (Wildman–Crippen LogP) is 4.51. The Balaban J connectivity index is 2.76. The molecule has 0 amide bonds. The lowest BCUT2D eigenvalue weighted by molar-refractivity contribution is 0.538. The number of hydrogen-bond donors (Lipinski definition) is 1. The summed E-state index contributed by atoms with van der Waals surface area (Å²) in [6, 6.07) is 12.4. The minimum Gasteiger partial charge on any atom is -0.237 e. The van der Waals surface area contributed by atoms with Gasteiger partial charge in [-0.3, -0.25) is 0 Å². The molecule has 0 aliphatic heterocycles. The van der Waals surface area contributed by atoms with Crippen molar-refractivity contribution >= 4 is 9.64 Å². The van der Waals surface area contributed by atoms with Gasteiger partial charge in [0.2, 0.25) is 0 Å². The maximum absolute atomic E-state index is 14.5. The molecular weight excluding hydrogens is 247 g/mol. The van der Waals surface area contributed by atoms with Gasteiger partial charge < -0.3 is 0 Å². The van der Waals surface area contributed by atoms with Gasteiger partial charge in [-0.05, 0) is 24.3 Å². The fraction of sp³-hybridized carbons (Fsp3) is 0. The molecule has 92 valence electrons. The van der Waals surface area contributed by atoms with Gasteiger partial charge in [-0.1, -0.05) is 36.4 Å². The van der Waals surface area contributed by atoms with Gasteiger partial charge in [-0.15, -0.1) is 11.7 Å². The van der Waals surface area contributed by atoms with E-state index in [4.69, 9.17) is 5.14 Å². The Morgan fingerprint density at radius 3 is 1.24 bits per heavy atom. The maximum Gasteiger partial charge on any atom is 0.135 e. The van der Waals surface area contributed by atoms with Crippen LogP contribution in [0.3, 0.4) is 0 Å². The van der Waals surface area contributed by atoms with E-state index in [-0.39, 0.29) is 0 Å². The van der Waals surface area contributed by atoms with Crippen LogP contribution < -0.4 is 5.14 Å². The second-order valence-electron chi connectivity index (χ2n) is 3.87. The first-order valence-corrected chi connectivity index (χ1v) is 7.14. The maximum atomic E-state index is 14.5. The van der Waals surface area contributed by atoms with E-state index in [1.54, 1.807) is 0 Å². The molecule has 0 aromatic heterocycles. The standard InChI is InChI=1S/C12H12F3NS/c13-17(14,15,16,11-7-3-1-4-8-11)12-9-5-2-6-10-12/h1-10H,16H2. The highest BCUT2D eigenvalue weighted by molar-refractivity contribution is 8.52. The molecule has 2 rings (SSSR count). The van der Waals surface area contributed by atoms with Gasteiger partial charge in [-0.25, -0.2) is 5.14 Å². The molecule has 2 N–H and O–H groups in total. The third kappa shape index (κ3) is 1.92. The number of rotatable bonds is 2. The first-order valence-electron chi connectivity index (χ1n) is 4.93. The van der Waals surface area contributed by atoms with E-state index in [1.165, 1.54) is 36.4 Å². The van der Waals surface area contributed by atoms with Crippen molar-refractivity contribution in [3.8, 4) is 0 Å². The zero-order valence-electron chi connectivity index (χ0n) is 8.89. The van der Waals surface area contributed by atoms with Crippen molar-refractivity contribution in [1.82, 2.24) is 0 Å². The summed E-state index contributed by atoms with van der Waals surface area (Å²) >= 11 is 0. The van der Waals surface area contributed by atoms with Crippen molar-refractivity contribution < 1.29 is 11.7 Å². The van der Waals surface area contributed by atoms with Gasteiger partial charge in [0.15, 0.2) is 0 Å². The van der Waals surface area contributed by atoms with Gasteiger partial charge >= 0.3 is 0 Å². The van der Waals surface area contributed by atoms with Crippen LogP contribution >= 0.6 is 9.64 Å². The molecule has 5 heteroatoms. The summed E-state index contributed by atoms with van der Waals surface area (Å²) in [5.41, 5.74) is 0. The topological polar surface area (TPSA) is 26.0 Å². The number of benzene rings is 2. The highest BCUT2D eigenvalue weighted by Crippen LogP contribution is 2.97. The molecule has 0 fully saturated rings. The van der Waals surface area contributed by atoms with Crippen LogP contribution in [0.25, 0.3) is 0 Å². The first-order chi connectivity index (χ1) is 7.74. The van der Waals surface area contributed by atoms with Crippen LogP contribution in [0.1, 0.15) is 0 Å². The van der Waals surface area contributed by atoms with Crippen molar-refractivity contribution in [2.24, 2.45) is 5.14 Å². The Morgan fingerprint density at radius 2 is 0.941 bits per heavy atom. The SMILES string of the molecule is NS(F)(F)(F)(c1ccccc1)c1ccccc1. The van der Waals surface area contributed by atoms with E-state index in [9.17, 15) is 11.7 Å². The lowest BCUT2D eigenvalue weighted by Gasteiger charge is -2.54. The van der Waals surface area contributed by atoms with Crippen LogP contribution in [0.2, 0.25) is 0 Å². The predicted molar refractivity (Wildman–Crippen MR) is 64.5 cm³/mol. The molecule has 2 aromatic rings. The quantitative estimate of drug-likeness (QED) is 0.843. The summed E-state index contributed by atoms with van der Waals surface area (Å²) in [4.78, 5) is -1.56. The van der Waals surface area contributed by atoms with Crippen LogP contribution in [-0.2, 0) is 0 Å². The molecule has 0 heterocycles. The second-order valence-corrected chi connectivity index (χ2v) is 7.30. The van der Waals surface area contributed by atoms with E-state index in [0.29, 0.717) is 0 Å². The van der Waals surface area contributed by atoms with Gasteiger partial charge in [-0.2, -0.15) is 0 Å². The molecule has 0 spiro atoms. The highest BCUT2D eigenvalue weighted by atomic mass is 32.4. The average Bonchev–Trinajstić information content (AvgIpc) is 2.30. The van der Waals surface area contributed by atoms with E-state index < -0.39 is 19.4 Å². The van der Waals surface area contributed by atoms with Crippen molar-refractivity contribution in [2.75, 3.05) is 0 Å².